The van der Waals surface area contributed by atoms with Crippen molar-refractivity contribution in [3.05, 3.63) is 11.8 Å². The van der Waals surface area contributed by atoms with Crippen molar-refractivity contribution >= 4 is 0 Å². The van der Waals surface area contributed by atoms with Crippen molar-refractivity contribution in [2.45, 2.75) is 19.8 Å². The highest BCUT2D eigenvalue weighted by Gasteiger charge is 2.14. The third-order valence-corrected chi connectivity index (χ3v) is 1.85. The standard InChI is InChI=1S/C7H11F2N/c1-6(7(8)9)10-4-2-3-5-10/h2-5H2,1H3. The van der Waals surface area contributed by atoms with E-state index in [1.54, 1.807) is 4.90 Å². The maximum atomic E-state index is 11.9. The summed E-state index contributed by atoms with van der Waals surface area (Å²) in [6, 6.07) is 0. The van der Waals surface area contributed by atoms with Gasteiger partial charge in [0, 0.05) is 13.1 Å². The zero-order valence-corrected chi connectivity index (χ0v) is 6.03. The minimum Gasteiger partial charge on any atom is -0.371 e. The van der Waals surface area contributed by atoms with Gasteiger partial charge in [-0.25, -0.2) is 0 Å². The molecule has 1 aliphatic heterocycles. The third kappa shape index (κ3) is 1.46. The van der Waals surface area contributed by atoms with Gasteiger partial charge in [0.05, 0.1) is 5.70 Å². The Balaban J connectivity index is 2.56. The van der Waals surface area contributed by atoms with Gasteiger partial charge in [-0.1, -0.05) is 0 Å². The molecule has 0 aliphatic carbocycles. The minimum absolute atomic E-state index is 0.150. The van der Waals surface area contributed by atoms with Crippen molar-refractivity contribution in [1.82, 2.24) is 4.90 Å². The van der Waals surface area contributed by atoms with Crippen molar-refractivity contribution < 1.29 is 8.78 Å². The van der Waals surface area contributed by atoms with Gasteiger partial charge < -0.3 is 4.90 Å². The molecule has 1 rings (SSSR count). The lowest BCUT2D eigenvalue weighted by Gasteiger charge is -2.15. The Morgan fingerprint density at radius 1 is 1.20 bits per heavy atom. The van der Waals surface area contributed by atoms with Crippen molar-refractivity contribution in [2.24, 2.45) is 0 Å². The number of halogens is 2. The van der Waals surface area contributed by atoms with Crippen LogP contribution in [0.5, 0.6) is 0 Å². The van der Waals surface area contributed by atoms with Crippen molar-refractivity contribution in [1.29, 1.82) is 0 Å². The normalized spacial score (nSPS) is 17.7. The van der Waals surface area contributed by atoms with Crippen LogP contribution in [0.15, 0.2) is 11.8 Å². The Morgan fingerprint density at radius 2 is 1.70 bits per heavy atom. The van der Waals surface area contributed by atoms with Gasteiger partial charge >= 0.3 is 0 Å². The van der Waals surface area contributed by atoms with Gasteiger partial charge in [-0.3, -0.25) is 0 Å². The number of rotatable bonds is 1. The summed E-state index contributed by atoms with van der Waals surface area (Å²) in [5.74, 6) is 0. The fourth-order valence-electron chi connectivity index (χ4n) is 1.17. The molecular formula is C7H11F2N. The van der Waals surface area contributed by atoms with E-state index >= 15 is 0 Å². The predicted octanol–water partition coefficient (Wildman–Crippen LogP) is 2.21. The van der Waals surface area contributed by atoms with Gasteiger partial charge in [0.25, 0.3) is 6.08 Å². The fourth-order valence-corrected chi connectivity index (χ4v) is 1.17. The largest absolute Gasteiger partial charge is 0.371 e. The SMILES string of the molecule is CC(=C(F)F)N1CCCC1. The summed E-state index contributed by atoms with van der Waals surface area (Å²) in [5, 5.41) is 0. The van der Waals surface area contributed by atoms with E-state index < -0.39 is 6.08 Å². The molecule has 0 N–H and O–H groups in total. The second-order valence-corrected chi connectivity index (χ2v) is 2.54. The van der Waals surface area contributed by atoms with E-state index in [0.29, 0.717) is 0 Å². The van der Waals surface area contributed by atoms with Gasteiger partial charge in [-0.2, -0.15) is 8.78 Å². The molecule has 0 atom stereocenters. The molecule has 0 unspecified atom stereocenters. The van der Waals surface area contributed by atoms with Crippen LogP contribution >= 0.6 is 0 Å². The quantitative estimate of drug-likeness (QED) is 0.549. The first-order chi connectivity index (χ1) is 4.72. The van der Waals surface area contributed by atoms with Gasteiger partial charge in [-0.15, -0.1) is 0 Å². The van der Waals surface area contributed by atoms with E-state index in [4.69, 9.17) is 0 Å². The second kappa shape index (κ2) is 2.99. The number of allylic oxidation sites excluding steroid dienone is 1. The molecule has 1 fully saturated rings. The lowest BCUT2D eigenvalue weighted by molar-refractivity contribution is 0.341. The summed E-state index contributed by atoms with van der Waals surface area (Å²) in [6.45, 7) is 3.06. The van der Waals surface area contributed by atoms with E-state index in [-0.39, 0.29) is 5.70 Å². The van der Waals surface area contributed by atoms with Crippen LogP contribution in [0.2, 0.25) is 0 Å². The smallest absolute Gasteiger partial charge is 0.288 e. The first-order valence-electron chi connectivity index (χ1n) is 3.48. The van der Waals surface area contributed by atoms with Crippen LogP contribution in [0.3, 0.4) is 0 Å². The lowest BCUT2D eigenvalue weighted by atomic mass is 10.4. The Labute approximate surface area is 59.3 Å². The number of nitrogens with zero attached hydrogens (tertiary/aromatic N) is 1. The van der Waals surface area contributed by atoms with Gasteiger partial charge in [0.1, 0.15) is 0 Å². The minimum atomic E-state index is -1.54. The number of hydrogen-bond donors (Lipinski definition) is 0. The Morgan fingerprint density at radius 3 is 2.10 bits per heavy atom. The highest BCUT2D eigenvalue weighted by Crippen LogP contribution is 2.18. The first kappa shape index (κ1) is 7.51. The first-order valence-corrected chi connectivity index (χ1v) is 3.48. The molecule has 58 valence electrons. The van der Waals surface area contributed by atoms with Gasteiger partial charge in [0.15, 0.2) is 0 Å². The molecule has 0 bridgehead atoms. The summed E-state index contributed by atoms with van der Waals surface area (Å²) >= 11 is 0. The molecule has 1 saturated heterocycles. The Kier molecular flexibility index (Phi) is 2.25. The molecule has 3 heteroatoms. The molecule has 0 aromatic rings. The van der Waals surface area contributed by atoms with E-state index in [2.05, 4.69) is 0 Å². The van der Waals surface area contributed by atoms with Crippen molar-refractivity contribution in [3.8, 4) is 0 Å². The predicted molar refractivity (Wildman–Crippen MR) is 35.7 cm³/mol. The van der Waals surface area contributed by atoms with E-state index in [1.807, 2.05) is 0 Å². The highest BCUT2D eigenvalue weighted by atomic mass is 19.3. The molecule has 1 heterocycles. The molecular weight excluding hydrogens is 136 g/mol. The maximum Gasteiger partial charge on any atom is 0.288 e. The topological polar surface area (TPSA) is 3.24 Å². The second-order valence-electron chi connectivity index (χ2n) is 2.54. The molecule has 10 heavy (non-hydrogen) atoms. The number of likely N-dealkylation sites (tertiary alicyclic amines) is 1. The van der Waals surface area contributed by atoms with Gasteiger partial charge in [-0.05, 0) is 19.8 Å². The van der Waals surface area contributed by atoms with Crippen LogP contribution in [0, 0.1) is 0 Å². The average molecular weight is 147 g/mol. The molecule has 1 nitrogen and oxygen atoms in total. The zero-order chi connectivity index (χ0) is 7.56. The van der Waals surface area contributed by atoms with Crippen LogP contribution in [0.25, 0.3) is 0 Å². The molecule has 0 aromatic heterocycles. The Hall–Kier alpha value is -0.600. The van der Waals surface area contributed by atoms with Crippen LogP contribution in [-0.2, 0) is 0 Å². The summed E-state index contributed by atoms with van der Waals surface area (Å²) < 4.78 is 23.8. The fraction of sp³-hybridized carbons (Fsp3) is 0.714. The molecule has 0 radical (unpaired) electrons. The lowest BCUT2D eigenvalue weighted by Crippen LogP contribution is -2.16. The van der Waals surface area contributed by atoms with E-state index in [1.165, 1.54) is 6.92 Å². The molecule has 1 aliphatic rings. The average Bonchev–Trinajstić information content (AvgIpc) is 2.36. The monoisotopic (exact) mass is 147 g/mol. The summed E-state index contributed by atoms with van der Waals surface area (Å²) in [5.41, 5.74) is 0.150. The van der Waals surface area contributed by atoms with Crippen LogP contribution in [-0.4, -0.2) is 18.0 Å². The molecule has 0 spiro atoms. The molecule has 0 amide bonds. The summed E-state index contributed by atoms with van der Waals surface area (Å²) in [4.78, 5) is 1.73. The van der Waals surface area contributed by atoms with Crippen LogP contribution < -0.4 is 0 Å². The van der Waals surface area contributed by atoms with Crippen molar-refractivity contribution in [2.75, 3.05) is 13.1 Å². The highest BCUT2D eigenvalue weighted by molar-refractivity contribution is 4.99. The van der Waals surface area contributed by atoms with Crippen molar-refractivity contribution in [3.63, 3.8) is 0 Å². The summed E-state index contributed by atoms with van der Waals surface area (Å²) in [7, 11) is 0. The molecule has 0 saturated carbocycles. The third-order valence-electron chi connectivity index (χ3n) is 1.85. The van der Waals surface area contributed by atoms with Crippen LogP contribution in [0.4, 0.5) is 8.78 Å². The van der Waals surface area contributed by atoms with Gasteiger partial charge in [0.2, 0.25) is 0 Å². The maximum absolute atomic E-state index is 11.9. The summed E-state index contributed by atoms with van der Waals surface area (Å²) in [6.07, 6.45) is 0.553. The van der Waals surface area contributed by atoms with E-state index in [9.17, 15) is 8.78 Å². The zero-order valence-electron chi connectivity index (χ0n) is 6.03. The molecule has 0 aromatic carbocycles. The van der Waals surface area contributed by atoms with Crippen LogP contribution in [0.1, 0.15) is 19.8 Å². The number of hydrogen-bond acceptors (Lipinski definition) is 1. The van der Waals surface area contributed by atoms with E-state index in [0.717, 1.165) is 25.9 Å². The Bertz CT molecular complexity index is 144.